The highest BCUT2D eigenvalue weighted by molar-refractivity contribution is 5.73. The van der Waals surface area contributed by atoms with Crippen LogP contribution >= 0.6 is 0 Å². The molecule has 76 valence electrons. The van der Waals surface area contributed by atoms with Gasteiger partial charge in [-0.1, -0.05) is 6.42 Å². The quantitative estimate of drug-likeness (QED) is 0.638. The van der Waals surface area contributed by atoms with E-state index in [2.05, 4.69) is 11.4 Å². The van der Waals surface area contributed by atoms with E-state index >= 15 is 0 Å². The second-order valence-electron chi connectivity index (χ2n) is 4.31. The molecule has 1 atom stereocenters. The molecule has 0 aromatic carbocycles. The number of nitrogens with zero attached hydrogens (tertiary/aromatic N) is 1. The molecule has 2 rings (SSSR count). The number of carbonyl (C=O) groups excluding carboxylic acids is 1. The minimum absolute atomic E-state index is 0.448. The highest BCUT2D eigenvalue weighted by Crippen LogP contribution is 2.43. The Balaban J connectivity index is 2.32. The van der Waals surface area contributed by atoms with E-state index in [1.807, 2.05) is 0 Å². The molecule has 1 unspecified atom stereocenters. The molecule has 1 aliphatic carbocycles. The zero-order chi connectivity index (χ0) is 10.2. The van der Waals surface area contributed by atoms with Crippen LogP contribution in [0.4, 0.5) is 4.79 Å². The third-order valence-electron chi connectivity index (χ3n) is 3.44. The van der Waals surface area contributed by atoms with Crippen molar-refractivity contribution in [1.29, 1.82) is 5.26 Å². The number of amides is 1. The van der Waals surface area contributed by atoms with Gasteiger partial charge in [0.15, 0.2) is 11.1 Å². The largest absolute Gasteiger partial charge is 0.439 e. The monoisotopic (exact) mass is 194 g/mol. The van der Waals surface area contributed by atoms with Gasteiger partial charge < -0.3 is 4.74 Å². The molecular formula is C10H14N2O2. The standard InChI is InChI=1S/C10H14N2O2/c1-9(7-11)10(14-8(13)12-9)5-3-2-4-6-10/h2-6H2,1H3,(H,12,13). The molecule has 0 aromatic heterocycles. The highest BCUT2D eigenvalue weighted by Gasteiger charge is 2.58. The van der Waals surface area contributed by atoms with Crippen LogP contribution in [-0.2, 0) is 4.74 Å². The summed E-state index contributed by atoms with van der Waals surface area (Å²) in [5.41, 5.74) is -1.42. The van der Waals surface area contributed by atoms with Crippen molar-refractivity contribution >= 4 is 6.09 Å². The van der Waals surface area contributed by atoms with Crippen LogP contribution in [0, 0.1) is 11.3 Å². The summed E-state index contributed by atoms with van der Waals surface area (Å²) in [7, 11) is 0. The normalized spacial score (nSPS) is 34.7. The Morgan fingerprint density at radius 3 is 2.64 bits per heavy atom. The van der Waals surface area contributed by atoms with Crippen molar-refractivity contribution in [3.05, 3.63) is 0 Å². The second-order valence-corrected chi connectivity index (χ2v) is 4.31. The Morgan fingerprint density at radius 2 is 2.07 bits per heavy atom. The predicted molar refractivity (Wildman–Crippen MR) is 49.5 cm³/mol. The Morgan fingerprint density at radius 1 is 1.43 bits per heavy atom. The molecule has 4 heteroatoms. The van der Waals surface area contributed by atoms with Crippen molar-refractivity contribution in [2.24, 2.45) is 0 Å². The number of rotatable bonds is 0. The maximum atomic E-state index is 11.2. The van der Waals surface area contributed by atoms with Crippen LogP contribution in [0.1, 0.15) is 39.0 Å². The number of alkyl carbamates (subject to hydrolysis) is 1. The fraction of sp³-hybridized carbons (Fsp3) is 0.800. The van der Waals surface area contributed by atoms with Gasteiger partial charge in [0.05, 0.1) is 6.07 Å². The molecule has 1 spiro atoms. The van der Waals surface area contributed by atoms with Gasteiger partial charge in [-0.25, -0.2) is 4.79 Å². The Kier molecular flexibility index (Phi) is 1.91. The summed E-state index contributed by atoms with van der Waals surface area (Å²) >= 11 is 0. The average molecular weight is 194 g/mol. The van der Waals surface area contributed by atoms with E-state index < -0.39 is 17.2 Å². The zero-order valence-corrected chi connectivity index (χ0v) is 8.30. The minimum Gasteiger partial charge on any atom is -0.439 e. The van der Waals surface area contributed by atoms with Crippen LogP contribution in [0.3, 0.4) is 0 Å². The molecule has 0 aromatic rings. The lowest BCUT2D eigenvalue weighted by Gasteiger charge is -2.38. The molecule has 1 N–H and O–H groups in total. The molecule has 0 bridgehead atoms. The van der Waals surface area contributed by atoms with Gasteiger partial charge in [0, 0.05) is 0 Å². The molecule has 1 saturated heterocycles. The lowest BCUT2D eigenvalue weighted by Crippen LogP contribution is -2.54. The SMILES string of the molecule is CC1(C#N)NC(=O)OC12CCCCC2. The first kappa shape index (κ1) is 9.32. The van der Waals surface area contributed by atoms with E-state index in [0.717, 1.165) is 25.7 Å². The molecular weight excluding hydrogens is 180 g/mol. The third-order valence-corrected chi connectivity index (χ3v) is 3.44. The molecule has 2 aliphatic rings. The van der Waals surface area contributed by atoms with Crippen molar-refractivity contribution < 1.29 is 9.53 Å². The Hall–Kier alpha value is -1.24. The van der Waals surface area contributed by atoms with Gasteiger partial charge in [0.1, 0.15) is 0 Å². The highest BCUT2D eigenvalue weighted by atomic mass is 16.6. The maximum Gasteiger partial charge on any atom is 0.409 e. The summed E-state index contributed by atoms with van der Waals surface area (Å²) in [6.45, 7) is 1.75. The van der Waals surface area contributed by atoms with E-state index in [4.69, 9.17) is 10.00 Å². The van der Waals surface area contributed by atoms with E-state index in [1.54, 1.807) is 6.92 Å². The molecule has 1 heterocycles. The molecule has 1 aliphatic heterocycles. The topological polar surface area (TPSA) is 62.1 Å². The van der Waals surface area contributed by atoms with Crippen LogP contribution < -0.4 is 5.32 Å². The summed E-state index contributed by atoms with van der Waals surface area (Å²) in [5.74, 6) is 0. The Labute approximate surface area is 83.2 Å². The molecule has 1 amide bonds. The van der Waals surface area contributed by atoms with Gasteiger partial charge in [0.2, 0.25) is 0 Å². The number of hydrogen-bond acceptors (Lipinski definition) is 3. The number of ether oxygens (including phenoxy) is 1. The molecule has 0 radical (unpaired) electrons. The summed E-state index contributed by atoms with van der Waals surface area (Å²) in [6.07, 6.45) is 4.39. The van der Waals surface area contributed by atoms with Gasteiger partial charge in [-0.2, -0.15) is 5.26 Å². The van der Waals surface area contributed by atoms with Crippen LogP contribution in [-0.4, -0.2) is 17.2 Å². The summed E-state index contributed by atoms with van der Waals surface area (Å²) in [6, 6.07) is 2.17. The number of hydrogen-bond donors (Lipinski definition) is 1. The predicted octanol–water partition coefficient (Wildman–Crippen LogP) is 1.71. The summed E-state index contributed by atoms with van der Waals surface area (Å²) in [4.78, 5) is 11.2. The Bertz CT molecular complexity index is 302. The van der Waals surface area contributed by atoms with E-state index in [9.17, 15) is 4.79 Å². The van der Waals surface area contributed by atoms with Crippen molar-refractivity contribution in [3.63, 3.8) is 0 Å². The number of nitriles is 1. The molecule has 2 fully saturated rings. The third kappa shape index (κ3) is 1.08. The van der Waals surface area contributed by atoms with E-state index in [0.29, 0.717) is 0 Å². The van der Waals surface area contributed by atoms with Crippen LogP contribution in [0.5, 0.6) is 0 Å². The number of carbonyl (C=O) groups is 1. The van der Waals surface area contributed by atoms with Crippen LogP contribution in [0.15, 0.2) is 0 Å². The van der Waals surface area contributed by atoms with Gasteiger partial charge >= 0.3 is 6.09 Å². The molecule has 4 nitrogen and oxygen atoms in total. The van der Waals surface area contributed by atoms with Crippen molar-refractivity contribution in [2.45, 2.75) is 50.2 Å². The first-order chi connectivity index (χ1) is 6.62. The van der Waals surface area contributed by atoms with Gasteiger partial charge in [-0.15, -0.1) is 0 Å². The first-order valence-corrected chi connectivity index (χ1v) is 5.04. The van der Waals surface area contributed by atoms with Crippen molar-refractivity contribution in [1.82, 2.24) is 5.32 Å². The molecule has 1 saturated carbocycles. The van der Waals surface area contributed by atoms with Gasteiger partial charge in [-0.05, 0) is 32.6 Å². The van der Waals surface area contributed by atoms with Crippen LogP contribution in [0.25, 0.3) is 0 Å². The lowest BCUT2D eigenvalue weighted by molar-refractivity contribution is -0.00927. The molecule has 14 heavy (non-hydrogen) atoms. The maximum absolute atomic E-state index is 11.2. The number of nitrogens with one attached hydrogen (secondary N) is 1. The van der Waals surface area contributed by atoms with Crippen molar-refractivity contribution in [2.75, 3.05) is 0 Å². The fourth-order valence-electron chi connectivity index (χ4n) is 2.48. The smallest absolute Gasteiger partial charge is 0.409 e. The van der Waals surface area contributed by atoms with E-state index in [1.165, 1.54) is 6.42 Å². The van der Waals surface area contributed by atoms with Crippen molar-refractivity contribution in [3.8, 4) is 6.07 Å². The average Bonchev–Trinajstić information content (AvgIpc) is 2.40. The lowest BCUT2D eigenvalue weighted by atomic mass is 9.73. The van der Waals surface area contributed by atoms with Crippen LogP contribution in [0.2, 0.25) is 0 Å². The zero-order valence-electron chi connectivity index (χ0n) is 8.30. The second kappa shape index (κ2) is 2.88. The van der Waals surface area contributed by atoms with Gasteiger partial charge in [-0.3, -0.25) is 5.32 Å². The summed E-state index contributed by atoms with van der Waals surface area (Å²) < 4.78 is 5.32. The minimum atomic E-state index is -0.843. The first-order valence-electron chi connectivity index (χ1n) is 5.04. The van der Waals surface area contributed by atoms with Gasteiger partial charge in [0.25, 0.3) is 0 Å². The fourth-order valence-corrected chi connectivity index (χ4v) is 2.48. The van der Waals surface area contributed by atoms with E-state index in [-0.39, 0.29) is 0 Å². The summed E-state index contributed by atoms with van der Waals surface area (Å²) in [5, 5.41) is 11.7.